The zero-order chi connectivity index (χ0) is 21.3. The van der Waals surface area contributed by atoms with E-state index in [9.17, 15) is 13.6 Å². The highest BCUT2D eigenvalue weighted by molar-refractivity contribution is 6.06. The lowest BCUT2D eigenvalue weighted by atomic mass is 10.1. The first-order valence-corrected chi connectivity index (χ1v) is 9.25. The lowest BCUT2D eigenvalue weighted by Crippen LogP contribution is -2.02. The SMILES string of the molecule is CCOc1ccc(OCc2ccc(/C=C/C(=O)c3ccc(OC(F)F)cc3)o2)cc1. The van der Waals surface area contributed by atoms with E-state index in [1.807, 2.05) is 31.2 Å². The predicted octanol–water partition coefficient (Wildman–Crippen LogP) is 5.75. The molecule has 3 aromatic rings. The van der Waals surface area contributed by atoms with Gasteiger partial charge in [0.25, 0.3) is 0 Å². The summed E-state index contributed by atoms with van der Waals surface area (Å²) in [6.45, 7) is -0.147. The summed E-state index contributed by atoms with van der Waals surface area (Å²) in [5.74, 6) is 2.25. The Hall–Kier alpha value is -3.61. The fourth-order valence-corrected chi connectivity index (χ4v) is 2.57. The van der Waals surface area contributed by atoms with Gasteiger partial charge in [0.1, 0.15) is 35.4 Å². The molecule has 0 aliphatic heterocycles. The second kappa shape index (κ2) is 10.2. The Bertz CT molecular complexity index is 976. The fraction of sp³-hybridized carbons (Fsp3) is 0.174. The zero-order valence-corrected chi connectivity index (χ0v) is 16.2. The highest BCUT2D eigenvalue weighted by atomic mass is 19.3. The highest BCUT2D eigenvalue weighted by Crippen LogP contribution is 2.20. The number of alkyl halides is 2. The number of ether oxygens (including phenoxy) is 3. The first-order chi connectivity index (χ1) is 14.5. The molecule has 7 heteroatoms. The Morgan fingerprint density at radius 1 is 0.933 bits per heavy atom. The molecule has 1 heterocycles. The van der Waals surface area contributed by atoms with Crippen molar-refractivity contribution in [3.05, 3.63) is 83.8 Å². The average molecular weight is 414 g/mol. The van der Waals surface area contributed by atoms with E-state index in [2.05, 4.69) is 4.74 Å². The molecule has 3 rings (SSSR count). The van der Waals surface area contributed by atoms with Crippen molar-refractivity contribution >= 4 is 11.9 Å². The van der Waals surface area contributed by atoms with Crippen molar-refractivity contribution in [2.24, 2.45) is 0 Å². The molecule has 30 heavy (non-hydrogen) atoms. The number of carbonyl (C=O) groups is 1. The molecular formula is C23H20F2O5. The van der Waals surface area contributed by atoms with Crippen molar-refractivity contribution < 1.29 is 32.2 Å². The van der Waals surface area contributed by atoms with E-state index < -0.39 is 6.61 Å². The molecule has 1 aromatic heterocycles. The maximum absolute atomic E-state index is 12.2. The van der Waals surface area contributed by atoms with Crippen molar-refractivity contribution in [2.45, 2.75) is 20.1 Å². The summed E-state index contributed by atoms with van der Waals surface area (Å²) in [5, 5.41) is 0. The number of allylic oxidation sites excluding steroid dienone is 1. The van der Waals surface area contributed by atoms with Gasteiger partial charge in [-0.05, 0) is 79.7 Å². The third-order valence-electron chi connectivity index (χ3n) is 3.96. The molecule has 0 fully saturated rings. The summed E-state index contributed by atoms with van der Waals surface area (Å²) in [6, 6.07) is 16.2. The number of ketones is 1. The Morgan fingerprint density at radius 3 is 2.20 bits per heavy atom. The van der Waals surface area contributed by atoms with Crippen LogP contribution >= 0.6 is 0 Å². The van der Waals surface area contributed by atoms with Gasteiger partial charge < -0.3 is 18.6 Å². The Morgan fingerprint density at radius 2 is 1.57 bits per heavy atom. The fourth-order valence-electron chi connectivity index (χ4n) is 2.57. The van der Waals surface area contributed by atoms with Crippen LogP contribution in [0.5, 0.6) is 17.2 Å². The van der Waals surface area contributed by atoms with E-state index in [4.69, 9.17) is 13.9 Å². The standard InChI is InChI=1S/C23H20F2O5/c1-2-27-17-7-9-18(10-8-17)28-15-21-12-11-19(29-21)13-14-22(26)16-3-5-20(6-4-16)30-23(24)25/h3-14,23H,2,15H2,1H3/b14-13+. The predicted molar refractivity (Wildman–Crippen MR) is 107 cm³/mol. The number of benzene rings is 2. The van der Waals surface area contributed by atoms with Crippen LogP contribution in [0, 0.1) is 0 Å². The lowest BCUT2D eigenvalue weighted by molar-refractivity contribution is -0.0498. The Kier molecular flexibility index (Phi) is 7.21. The van der Waals surface area contributed by atoms with Crippen LogP contribution in [0.1, 0.15) is 28.8 Å². The molecule has 0 saturated carbocycles. The summed E-state index contributed by atoms with van der Waals surface area (Å²) < 4.78 is 45.3. The van der Waals surface area contributed by atoms with Gasteiger partial charge in [0.15, 0.2) is 5.78 Å². The van der Waals surface area contributed by atoms with Gasteiger partial charge in [-0.3, -0.25) is 4.79 Å². The van der Waals surface area contributed by atoms with Gasteiger partial charge in [0.05, 0.1) is 6.61 Å². The van der Waals surface area contributed by atoms with Crippen molar-refractivity contribution in [1.29, 1.82) is 0 Å². The van der Waals surface area contributed by atoms with Crippen molar-refractivity contribution in [3.63, 3.8) is 0 Å². The van der Waals surface area contributed by atoms with E-state index in [-0.39, 0.29) is 18.1 Å². The highest BCUT2D eigenvalue weighted by Gasteiger charge is 2.07. The van der Waals surface area contributed by atoms with Crippen molar-refractivity contribution in [2.75, 3.05) is 6.61 Å². The van der Waals surface area contributed by atoms with E-state index in [1.165, 1.54) is 36.4 Å². The van der Waals surface area contributed by atoms with E-state index in [1.54, 1.807) is 12.1 Å². The Balaban J connectivity index is 1.52. The first-order valence-electron chi connectivity index (χ1n) is 9.25. The summed E-state index contributed by atoms with van der Waals surface area (Å²) in [6.07, 6.45) is 2.88. The lowest BCUT2D eigenvalue weighted by Gasteiger charge is -2.06. The monoisotopic (exact) mass is 414 g/mol. The minimum absolute atomic E-state index is 0.00580. The van der Waals surface area contributed by atoms with Gasteiger partial charge in [-0.1, -0.05) is 0 Å². The average Bonchev–Trinajstić information content (AvgIpc) is 3.20. The third kappa shape index (κ3) is 6.20. The van der Waals surface area contributed by atoms with Gasteiger partial charge in [-0.25, -0.2) is 0 Å². The quantitative estimate of drug-likeness (QED) is 0.312. The third-order valence-corrected chi connectivity index (χ3v) is 3.96. The van der Waals surface area contributed by atoms with Gasteiger partial charge in [0.2, 0.25) is 0 Å². The van der Waals surface area contributed by atoms with Gasteiger partial charge >= 0.3 is 6.61 Å². The smallest absolute Gasteiger partial charge is 0.387 e. The summed E-state index contributed by atoms with van der Waals surface area (Å²) >= 11 is 0. The summed E-state index contributed by atoms with van der Waals surface area (Å²) in [7, 11) is 0. The molecule has 0 saturated heterocycles. The van der Waals surface area contributed by atoms with Crippen LogP contribution in [0.15, 0.2) is 71.2 Å². The van der Waals surface area contributed by atoms with E-state index in [0.29, 0.717) is 29.4 Å². The van der Waals surface area contributed by atoms with E-state index >= 15 is 0 Å². The van der Waals surface area contributed by atoms with Gasteiger partial charge in [-0.15, -0.1) is 0 Å². The molecule has 0 radical (unpaired) electrons. The molecule has 0 spiro atoms. The maximum Gasteiger partial charge on any atom is 0.387 e. The molecule has 0 N–H and O–H groups in total. The zero-order valence-electron chi connectivity index (χ0n) is 16.2. The van der Waals surface area contributed by atoms with Crippen LogP contribution in [0.3, 0.4) is 0 Å². The van der Waals surface area contributed by atoms with Crippen LogP contribution < -0.4 is 14.2 Å². The molecule has 0 unspecified atom stereocenters. The summed E-state index contributed by atoms with van der Waals surface area (Å²) in [5.41, 5.74) is 0.346. The first kappa shape index (κ1) is 21.1. The molecule has 0 amide bonds. The molecular weight excluding hydrogens is 394 g/mol. The van der Waals surface area contributed by atoms with Crippen LogP contribution in [0.25, 0.3) is 6.08 Å². The van der Waals surface area contributed by atoms with Crippen LogP contribution in [0.4, 0.5) is 8.78 Å². The molecule has 0 bridgehead atoms. The molecule has 5 nitrogen and oxygen atoms in total. The minimum Gasteiger partial charge on any atom is -0.494 e. The topological polar surface area (TPSA) is 57.9 Å². The number of rotatable bonds is 10. The van der Waals surface area contributed by atoms with Gasteiger partial charge in [0, 0.05) is 5.56 Å². The van der Waals surface area contributed by atoms with Crippen molar-refractivity contribution in [3.8, 4) is 17.2 Å². The molecule has 2 aromatic carbocycles. The molecule has 0 aliphatic carbocycles. The largest absolute Gasteiger partial charge is 0.494 e. The van der Waals surface area contributed by atoms with Gasteiger partial charge in [-0.2, -0.15) is 8.78 Å². The van der Waals surface area contributed by atoms with Crippen LogP contribution in [-0.4, -0.2) is 19.0 Å². The molecule has 156 valence electrons. The second-order valence-corrected chi connectivity index (χ2v) is 6.10. The van der Waals surface area contributed by atoms with Crippen LogP contribution in [-0.2, 0) is 6.61 Å². The number of hydrogen-bond acceptors (Lipinski definition) is 5. The molecule has 0 atom stereocenters. The molecule has 0 aliphatic rings. The minimum atomic E-state index is -2.90. The number of furan rings is 1. The normalized spacial score (nSPS) is 11.1. The van der Waals surface area contributed by atoms with E-state index in [0.717, 1.165) is 5.75 Å². The number of carbonyl (C=O) groups excluding carboxylic acids is 1. The van der Waals surface area contributed by atoms with Crippen LogP contribution in [0.2, 0.25) is 0 Å². The number of halogens is 2. The Labute approximate surface area is 172 Å². The maximum atomic E-state index is 12.2. The summed E-state index contributed by atoms with van der Waals surface area (Å²) in [4.78, 5) is 12.2. The second-order valence-electron chi connectivity index (χ2n) is 6.10. The number of hydrogen-bond donors (Lipinski definition) is 0. The van der Waals surface area contributed by atoms with Crippen molar-refractivity contribution in [1.82, 2.24) is 0 Å².